The van der Waals surface area contributed by atoms with E-state index in [1.54, 1.807) is 0 Å². The monoisotopic (exact) mass is 673 g/mol. The predicted octanol–water partition coefficient (Wildman–Crippen LogP) is 3.17. The van der Waals surface area contributed by atoms with Crippen molar-refractivity contribution in [2.24, 2.45) is 5.73 Å². The first-order chi connectivity index (χ1) is 19.8. The average molecular weight is 674 g/mol. The van der Waals surface area contributed by atoms with Crippen LogP contribution in [0, 0.1) is 6.92 Å². The van der Waals surface area contributed by atoms with Crippen molar-refractivity contribution in [3.05, 3.63) is 49.8 Å². The van der Waals surface area contributed by atoms with Gasteiger partial charge < -0.3 is 24.1 Å². The van der Waals surface area contributed by atoms with Crippen LogP contribution in [0.25, 0.3) is 6.20 Å². The summed E-state index contributed by atoms with van der Waals surface area (Å²) in [6, 6.07) is 0. The zero-order valence-corrected chi connectivity index (χ0v) is 30.5. The Bertz CT molecular complexity index is 1580. The predicted molar refractivity (Wildman–Crippen MR) is 171 cm³/mol. The second-order valence-electron chi connectivity index (χ2n) is 14.3. The van der Waals surface area contributed by atoms with Crippen LogP contribution in [0.4, 0.5) is 0 Å². The smallest absolute Gasteiger partial charge is 0.337 e. The zero-order valence-electron chi connectivity index (χ0n) is 27.7. The maximum Gasteiger partial charge on any atom is 0.337 e. The summed E-state index contributed by atoms with van der Waals surface area (Å²) in [5.74, 6) is -0.773. The number of esters is 1. The van der Waals surface area contributed by atoms with Gasteiger partial charge in [0.05, 0.1) is 24.8 Å². The lowest BCUT2D eigenvalue weighted by atomic mass is 9.89. The molecule has 2 N–H and O–H groups in total. The minimum atomic E-state index is -4.27. The fourth-order valence-corrected chi connectivity index (χ4v) is 7.96. The molecule has 2 aliphatic rings. The number of nitrogens with zero attached hydrogens (tertiary/aromatic N) is 2. The molecule has 0 bridgehead atoms. The first-order valence-corrected chi connectivity index (χ1v) is 21.6. The summed E-state index contributed by atoms with van der Waals surface area (Å²) in [5, 5.41) is 0.302. The average Bonchev–Trinajstić information content (AvgIpc) is 3.29. The van der Waals surface area contributed by atoms with Crippen LogP contribution in [0.3, 0.4) is 0 Å². The number of ether oxygens (including phenoxy) is 2. The van der Waals surface area contributed by atoms with Gasteiger partial charge in [0.25, 0.3) is 15.7 Å². The normalized spacial score (nSPS) is 26.0. The van der Waals surface area contributed by atoms with E-state index in [4.69, 9.17) is 23.5 Å². The SMILES string of the molecule is COC(=O)/C=C/n1c(=O)c(C)cn([C@@H]2O[C@H](CO[Si](C)(C)C(C)(C)C)C3(OS(=O)(=O)C=C3N)[C@H]2O[Si](C)(C)C(C)(C)C)c1=O. The summed E-state index contributed by atoms with van der Waals surface area (Å²) in [4.78, 5) is 38.7. The number of nitrogens with two attached hydrogens (primary N) is 1. The standard InChI is InChI=1S/C28H47N3O10SSi2/c1-18-15-31(25(34)30(23(18)33)14-13-21(32)37-8)24-22(40-44(11,12)27(5,6)7)28(19(29)17-42(35,36)41-28)20(39-24)16-38-43(9,10)26(2,3)4/h13-15,17,20,22,24H,16,29H2,1-12H3/b14-13+/t20-,22+,24-,28?/m1/s1. The van der Waals surface area contributed by atoms with E-state index in [1.807, 2.05) is 47.0 Å². The van der Waals surface area contributed by atoms with Crippen LogP contribution in [0.5, 0.6) is 0 Å². The fourth-order valence-electron chi connectivity index (χ4n) is 4.45. The minimum absolute atomic E-state index is 0.107. The minimum Gasteiger partial charge on any atom is -0.466 e. The summed E-state index contributed by atoms with van der Waals surface area (Å²) in [5.41, 5.74) is 3.10. The van der Waals surface area contributed by atoms with Crippen molar-refractivity contribution in [3.63, 3.8) is 0 Å². The molecule has 248 valence electrons. The number of hydrogen-bond acceptors (Lipinski definition) is 11. The number of methoxy groups -OCH3 is 1. The van der Waals surface area contributed by atoms with Crippen molar-refractivity contribution in [2.75, 3.05) is 13.7 Å². The molecule has 1 fully saturated rings. The third-order valence-corrected chi connectivity index (χ3v) is 19.2. The molecule has 44 heavy (non-hydrogen) atoms. The van der Waals surface area contributed by atoms with Crippen LogP contribution in [0.1, 0.15) is 53.3 Å². The Morgan fingerprint density at radius 2 is 1.66 bits per heavy atom. The Hall–Kier alpha value is -2.35. The Labute approximate surface area is 261 Å². The van der Waals surface area contributed by atoms with Gasteiger partial charge in [-0.2, -0.15) is 8.42 Å². The highest BCUT2D eigenvalue weighted by Gasteiger charge is 2.67. The molecule has 1 unspecified atom stereocenters. The van der Waals surface area contributed by atoms with E-state index in [0.29, 0.717) is 0 Å². The second-order valence-corrected chi connectivity index (χ2v) is 25.3. The summed E-state index contributed by atoms with van der Waals surface area (Å²) in [6.45, 7) is 21.6. The van der Waals surface area contributed by atoms with Crippen LogP contribution in [-0.2, 0) is 37.4 Å². The van der Waals surface area contributed by atoms with Crippen LogP contribution in [0.15, 0.2) is 33.0 Å². The molecule has 0 radical (unpaired) electrons. The highest BCUT2D eigenvalue weighted by Crippen LogP contribution is 2.52. The molecule has 3 rings (SSSR count). The Balaban J connectivity index is 2.32. The Morgan fingerprint density at radius 1 is 1.09 bits per heavy atom. The Kier molecular flexibility index (Phi) is 9.67. The van der Waals surface area contributed by atoms with Crippen molar-refractivity contribution < 1.29 is 35.7 Å². The second kappa shape index (κ2) is 11.8. The van der Waals surface area contributed by atoms with Crippen molar-refractivity contribution >= 4 is 38.9 Å². The quantitative estimate of drug-likeness (QED) is 0.186. The van der Waals surface area contributed by atoms with Gasteiger partial charge in [-0.15, -0.1) is 0 Å². The van der Waals surface area contributed by atoms with Crippen LogP contribution in [-0.4, -0.2) is 71.7 Å². The van der Waals surface area contributed by atoms with E-state index >= 15 is 0 Å². The van der Waals surface area contributed by atoms with E-state index in [-0.39, 0.29) is 27.9 Å². The van der Waals surface area contributed by atoms with Gasteiger partial charge in [0, 0.05) is 24.0 Å². The number of carbonyl (C=O) groups excluding carboxylic acids is 1. The lowest BCUT2D eigenvalue weighted by Crippen LogP contribution is -2.59. The van der Waals surface area contributed by atoms with Crippen molar-refractivity contribution in [1.82, 2.24) is 9.13 Å². The molecule has 16 heteroatoms. The molecule has 2 aliphatic heterocycles. The zero-order chi connectivity index (χ0) is 33.8. The number of carbonyl (C=O) groups is 1. The molecule has 0 amide bonds. The van der Waals surface area contributed by atoms with Crippen LogP contribution in [0.2, 0.25) is 36.3 Å². The largest absolute Gasteiger partial charge is 0.466 e. The maximum atomic E-state index is 13.9. The maximum absolute atomic E-state index is 13.9. The van der Waals surface area contributed by atoms with E-state index in [9.17, 15) is 22.8 Å². The molecular weight excluding hydrogens is 627 g/mol. The van der Waals surface area contributed by atoms with E-state index < -0.39 is 68.0 Å². The molecule has 1 saturated heterocycles. The Morgan fingerprint density at radius 3 is 2.14 bits per heavy atom. The summed E-state index contributed by atoms with van der Waals surface area (Å²) < 4.78 is 58.2. The van der Waals surface area contributed by atoms with Gasteiger partial charge in [-0.3, -0.25) is 9.36 Å². The highest BCUT2D eigenvalue weighted by molar-refractivity contribution is 7.90. The van der Waals surface area contributed by atoms with Gasteiger partial charge in [0.2, 0.25) is 0 Å². The van der Waals surface area contributed by atoms with Gasteiger partial charge in [0.1, 0.15) is 12.2 Å². The molecule has 4 atom stereocenters. The van der Waals surface area contributed by atoms with Gasteiger partial charge in [-0.05, 0) is 43.2 Å². The first kappa shape index (κ1) is 36.1. The molecule has 1 aromatic heterocycles. The first-order valence-electron chi connectivity index (χ1n) is 14.3. The van der Waals surface area contributed by atoms with Crippen molar-refractivity contribution in [3.8, 4) is 0 Å². The molecule has 0 aromatic carbocycles. The fraction of sp³-hybridized carbons (Fsp3) is 0.679. The number of aryl methyl sites for hydroxylation is 1. The van der Waals surface area contributed by atoms with E-state index in [0.717, 1.165) is 33.9 Å². The third kappa shape index (κ3) is 6.61. The molecule has 1 aromatic rings. The van der Waals surface area contributed by atoms with Crippen molar-refractivity contribution in [2.45, 2.75) is 109 Å². The topological polar surface area (TPSA) is 167 Å². The van der Waals surface area contributed by atoms with Gasteiger partial charge in [-0.25, -0.2) is 18.3 Å². The van der Waals surface area contributed by atoms with E-state index in [1.165, 1.54) is 13.1 Å². The third-order valence-electron chi connectivity index (χ3n) is 9.22. The van der Waals surface area contributed by atoms with Gasteiger partial charge in [0.15, 0.2) is 28.5 Å². The number of hydrogen-bond donors (Lipinski definition) is 1. The highest BCUT2D eigenvalue weighted by atomic mass is 32.2. The van der Waals surface area contributed by atoms with Gasteiger partial charge >= 0.3 is 11.7 Å². The van der Waals surface area contributed by atoms with Gasteiger partial charge in [-0.1, -0.05) is 41.5 Å². The number of rotatable bonds is 8. The molecule has 0 aliphatic carbocycles. The molecule has 13 nitrogen and oxygen atoms in total. The van der Waals surface area contributed by atoms with Crippen LogP contribution >= 0.6 is 0 Å². The van der Waals surface area contributed by atoms with Crippen molar-refractivity contribution in [1.29, 1.82) is 0 Å². The molecule has 1 spiro atoms. The number of aromatic nitrogens is 2. The molecule has 3 heterocycles. The summed E-state index contributed by atoms with van der Waals surface area (Å²) >= 11 is 0. The lowest BCUT2D eigenvalue weighted by Gasteiger charge is -2.43. The molecular formula is C28H47N3O10SSi2. The lowest BCUT2D eigenvalue weighted by molar-refractivity contribution is -0.134. The van der Waals surface area contributed by atoms with E-state index in [2.05, 4.69) is 25.5 Å². The molecule has 0 saturated carbocycles. The summed E-state index contributed by atoms with van der Waals surface area (Å²) in [7, 11) is -8.26. The van der Waals surface area contributed by atoms with Crippen LogP contribution < -0.4 is 17.0 Å². The summed E-state index contributed by atoms with van der Waals surface area (Å²) in [6.07, 6.45) is -0.413.